The number of nitrogens with two attached hydrogens (primary N) is 1. The average molecular weight is 524 g/mol. The molecule has 3 aromatic carbocycles. The Morgan fingerprint density at radius 3 is 2.11 bits per heavy atom. The summed E-state index contributed by atoms with van der Waals surface area (Å²) in [6.07, 6.45) is 0.380. The van der Waals surface area contributed by atoms with Crippen LogP contribution in [-0.4, -0.2) is 20.8 Å². The fourth-order valence-electron chi connectivity index (χ4n) is 4.64. The summed E-state index contributed by atoms with van der Waals surface area (Å²) in [5.74, 6) is -0.150. The normalized spacial score (nSPS) is 22.0. The van der Waals surface area contributed by atoms with E-state index in [-0.39, 0.29) is 29.9 Å². The maximum Gasteiger partial charge on any atom is 0.185 e. The van der Waals surface area contributed by atoms with E-state index in [0.717, 1.165) is 27.8 Å². The molecule has 0 radical (unpaired) electrons. The van der Waals surface area contributed by atoms with Crippen molar-refractivity contribution in [1.29, 1.82) is 0 Å². The first-order valence-electron chi connectivity index (χ1n) is 11.8. The average Bonchev–Trinajstić information content (AvgIpc) is 3.25. The standard InChI is InChI=1S/C28H27Cl2N3O3/c29-26-27(30)33(17-32-26)15-23-24(20-4-2-1-3-5-20)25(21-10-8-19(16-34)9-11-21)36-28(35-23)22-12-6-18(14-31)7-13-22/h1-13,17,23-25,28,34H,14-16,31H2/t23-,24-,25+,28?/m1/s1. The molecule has 4 aromatic rings. The minimum Gasteiger partial charge on any atom is -0.392 e. The van der Waals surface area contributed by atoms with Crippen molar-refractivity contribution in [2.75, 3.05) is 0 Å². The molecule has 1 saturated heterocycles. The van der Waals surface area contributed by atoms with E-state index >= 15 is 0 Å². The Kier molecular flexibility index (Phi) is 7.72. The number of halogens is 2. The van der Waals surface area contributed by atoms with Crippen LogP contribution in [0.2, 0.25) is 10.3 Å². The van der Waals surface area contributed by atoms with E-state index in [4.69, 9.17) is 38.4 Å². The first-order chi connectivity index (χ1) is 17.6. The number of ether oxygens (including phenoxy) is 2. The van der Waals surface area contributed by atoms with Crippen molar-refractivity contribution < 1.29 is 14.6 Å². The highest BCUT2D eigenvalue weighted by atomic mass is 35.5. The molecular weight excluding hydrogens is 497 g/mol. The smallest absolute Gasteiger partial charge is 0.185 e. The third-order valence-corrected chi connectivity index (χ3v) is 7.34. The third-order valence-electron chi connectivity index (χ3n) is 6.57. The molecule has 4 atom stereocenters. The number of nitrogens with zero attached hydrogens (tertiary/aromatic N) is 2. The first-order valence-corrected chi connectivity index (χ1v) is 12.5. The second kappa shape index (κ2) is 11.1. The third kappa shape index (κ3) is 5.20. The van der Waals surface area contributed by atoms with Crippen LogP contribution < -0.4 is 5.73 Å². The zero-order valence-electron chi connectivity index (χ0n) is 19.5. The van der Waals surface area contributed by atoms with Gasteiger partial charge >= 0.3 is 0 Å². The predicted molar refractivity (Wildman–Crippen MR) is 140 cm³/mol. The van der Waals surface area contributed by atoms with Crippen molar-refractivity contribution in [2.24, 2.45) is 5.73 Å². The van der Waals surface area contributed by atoms with Crippen LogP contribution in [-0.2, 0) is 29.2 Å². The highest BCUT2D eigenvalue weighted by molar-refractivity contribution is 6.40. The van der Waals surface area contributed by atoms with Gasteiger partial charge in [-0.25, -0.2) is 4.98 Å². The molecule has 5 rings (SSSR count). The fraction of sp³-hybridized carbons (Fsp3) is 0.250. The minimum atomic E-state index is -0.609. The van der Waals surface area contributed by atoms with Crippen molar-refractivity contribution in [1.82, 2.24) is 9.55 Å². The molecule has 186 valence electrons. The van der Waals surface area contributed by atoms with E-state index in [2.05, 4.69) is 17.1 Å². The summed E-state index contributed by atoms with van der Waals surface area (Å²) in [6, 6.07) is 26.0. The van der Waals surface area contributed by atoms with Gasteiger partial charge in [-0.05, 0) is 22.3 Å². The SMILES string of the molecule is NCc1ccc(C2O[C@H](Cn3cnc(Cl)c3Cl)[C@@H](c3ccccc3)[C@H](c3ccc(CO)cc3)O2)cc1. The zero-order chi connectivity index (χ0) is 25.1. The van der Waals surface area contributed by atoms with E-state index in [9.17, 15) is 5.11 Å². The maximum atomic E-state index is 9.54. The summed E-state index contributed by atoms with van der Waals surface area (Å²) in [5, 5.41) is 10.2. The summed E-state index contributed by atoms with van der Waals surface area (Å²) in [7, 11) is 0. The molecule has 3 N–H and O–H groups in total. The lowest BCUT2D eigenvalue weighted by molar-refractivity contribution is -0.263. The van der Waals surface area contributed by atoms with Crippen molar-refractivity contribution in [2.45, 2.75) is 44.1 Å². The monoisotopic (exact) mass is 523 g/mol. The van der Waals surface area contributed by atoms with Crippen molar-refractivity contribution in [3.05, 3.63) is 123 Å². The largest absolute Gasteiger partial charge is 0.392 e. The predicted octanol–water partition coefficient (Wildman–Crippen LogP) is 5.78. The molecule has 2 heterocycles. The van der Waals surface area contributed by atoms with Crippen LogP contribution in [0.15, 0.2) is 85.2 Å². The minimum absolute atomic E-state index is 0.0182. The van der Waals surface area contributed by atoms with E-state index in [1.807, 2.05) is 66.7 Å². The Balaban J connectivity index is 1.58. The molecule has 36 heavy (non-hydrogen) atoms. The molecule has 1 aromatic heterocycles. The number of hydrogen-bond acceptors (Lipinski definition) is 5. The highest BCUT2D eigenvalue weighted by Crippen LogP contribution is 2.47. The lowest BCUT2D eigenvalue weighted by atomic mass is 9.83. The van der Waals surface area contributed by atoms with Crippen LogP contribution in [0.25, 0.3) is 0 Å². The van der Waals surface area contributed by atoms with Gasteiger partial charge in [-0.15, -0.1) is 0 Å². The molecule has 1 aliphatic heterocycles. The van der Waals surface area contributed by atoms with Gasteiger partial charge in [0.15, 0.2) is 11.4 Å². The molecule has 0 saturated carbocycles. The van der Waals surface area contributed by atoms with Crippen molar-refractivity contribution in [3.63, 3.8) is 0 Å². The highest BCUT2D eigenvalue weighted by Gasteiger charge is 2.42. The van der Waals surface area contributed by atoms with E-state index in [1.54, 1.807) is 10.9 Å². The van der Waals surface area contributed by atoms with Gasteiger partial charge in [0.1, 0.15) is 5.15 Å². The number of hydrogen-bond donors (Lipinski definition) is 2. The summed E-state index contributed by atoms with van der Waals surface area (Å²) >= 11 is 12.6. The van der Waals surface area contributed by atoms with Gasteiger partial charge < -0.3 is 24.9 Å². The fourth-order valence-corrected chi connectivity index (χ4v) is 4.95. The second-order valence-electron chi connectivity index (χ2n) is 8.82. The lowest BCUT2D eigenvalue weighted by Gasteiger charge is -2.43. The van der Waals surface area contributed by atoms with Crippen LogP contribution in [0, 0.1) is 0 Å². The van der Waals surface area contributed by atoms with E-state index < -0.39 is 6.29 Å². The Labute approximate surface area is 220 Å². The summed E-state index contributed by atoms with van der Waals surface area (Å²) in [6.45, 7) is 0.880. The Hall–Kier alpha value is -2.71. The van der Waals surface area contributed by atoms with Crippen LogP contribution in [0.5, 0.6) is 0 Å². The van der Waals surface area contributed by atoms with Crippen LogP contribution in [0.1, 0.15) is 46.1 Å². The Bertz CT molecular complexity index is 1280. The number of aliphatic hydroxyl groups is 1. The number of aromatic nitrogens is 2. The topological polar surface area (TPSA) is 82.5 Å². The van der Waals surface area contributed by atoms with Gasteiger partial charge in [0.25, 0.3) is 0 Å². The summed E-state index contributed by atoms with van der Waals surface area (Å²) < 4.78 is 15.1. The molecule has 1 fully saturated rings. The molecule has 6 nitrogen and oxygen atoms in total. The van der Waals surface area contributed by atoms with Crippen molar-refractivity contribution in [3.8, 4) is 0 Å². The number of benzene rings is 3. The maximum absolute atomic E-state index is 9.54. The Morgan fingerprint density at radius 1 is 0.833 bits per heavy atom. The molecular formula is C28H27Cl2N3O3. The molecule has 0 bridgehead atoms. The van der Waals surface area contributed by atoms with Gasteiger partial charge in [-0.2, -0.15) is 0 Å². The quantitative estimate of drug-likeness (QED) is 0.320. The number of imidazole rings is 1. The van der Waals surface area contributed by atoms with E-state index in [1.165, 1.54) is 0 Å². The Morgan fingerprint density at radius 2 is 1.50 bits per heavy atom. The molecule has 1 aliphatic rings. The number of rotatable bonds is 7. The lowest BCUT2D eigenvalue weighted by Crippen LogP contribution is -2.39. The van der Waals surface area contributed by atoms with Crippen LogP contribution in [0.4, 0.5) is 0 Å². The first kappa shape index (κ1) is 25.0. The van der Waals surface area contributed by atoms with E-state index in [0.29, 0.717) is 18.2 Å². The van der Waals surface area contributed by atoms with Crippen LogP contribution >= 0.6 is 23.2 Å². The number of aliphatic hydroxyl groups excluding tert-OH is 1. The van der Waals surface area contributed by atoms with Crippen LogP contribution in [0.3, 0.4) is 0 Å². The molecule has 0 amide bonds. The zero-order valence-corrected chi connectivity index (χ0v) is 21.0. The van der Waals surface area contributed by atoms with Gasteiger partial charge in [-0.3, -0.25) is 0 Å². The van der Waals surface area contributed by atoms with Gasteiger partial charge in [0.05, 0.1) is 31.7 Å². The molecule has 1 unspecified atom stereocenters. The summed E-state index contributed by atoms with van der Waals surface area (Å²) in [5.41, 5.74) is 10.6. The van der Waals surface area contributed by atoms with Gasteiger partial charge in [0, 0.05) is 18.0 Å². The molecule has 0 spiro atoms. The second-order valence-corrected chi connectivity index (χ2v) is 9.54. The van der Waals surface area contributed by atoms with Gasteiger partial charge in [-0.1, -0.05) is 102 Å². The van der Waals surface area contributed by atoms with Crippen molar-refractivity contribution >= 4 is 23.2 Å². The molecule has 8 heteroatoms. The summed E-state index contributed by atoms with van der Waals surface area (Å²) in [4.78, 5) is 4.15. The van der Waals surface area contributed by atoms with Gasteiger partial charge in [0.2, 0.25) is 0 Å². The molecule has 0 aliphatic carbocycles.